The lowest BCUT2D eigenvalue weighted by molar-refractivity contribution is -0.143. The molecule has 1 saturated carbocycles. The van der Waals surface area contributed by atoms with Gasteiger partial charge < -0.3 is 5.32 Å². The summed E-state index contributed by atoms with van der Waals surface area (Å²) in [5.74, 6) is -1.08. The van der Waals surface area contributed by atoms with Crippen LogP contribution in [0.15, 0.2) is 23.3 Å². The van der Waals surface area contributed by atoms with Crippen molar-refractivity contribution in [2.45, 2.75) is 50.1 Å². The largest absolute Gasteiger partial charge is 0.416 e. The summed E-state index contributed by atoms with van der Waals surface area (Å²) in [7, 11) is 0. The van der Waals surface area contributed by atoms with Crippen molar-refractivity contribution in [3.63, 3.8) is 0 Å². The molecule has 2 atom stereocenters. The fraction of sp³-hybridized carbons (Fsp3) is 0.533. The minimum absolute atomic E-state index is 0.0415. The molecule has 11 heteroatoms. The van der Waals surface area contributed by atoms with Gasteiger partial charge >= 0.3 is 12.4 Å². The molecule has 0 heterocycles. The van der Waals surface area contributed by atoms with E-state index in [2.05, 4.69) is 15.3 Å². The Labute approximate surface area is 144 Å². The molecule has 0 bridgehead atoms. The molecule has 1 aromatic carbocycles. The van der Waals surface area contributed by atoms with Crippen molar-refractivity contribution >= 4 is 5.91 Å². The Morgan fingerprint density at radius 3 is 2.08 bits per heavy atom. The van der Waals surface area contributed by atoms with E-state index >= 15 is 0 Å². The smallest absolute Gasteiger partial charge is 0.349 e. The average Bonchev–Trinajstić information content (AvgIpc) is 2.55. The summed E-state index contributed by atoms with van der Waals surface area (Å²) in [5, 5.41) is 5.92. The van der Waals surface area contributed by atoms with E-state index < -0.39 is 47.0 Å². The highest BCUT2D eigenvalue weighted by atomic mass is 19.4. The highest BCUT2D eigenvalue weighted by Crippen LogP contribution is 2.36. The van der Waals surface area contributed by atoms with E-state index in [1.807, 2.05) is 0 Å². The molecule has 0 spiro atoms. The van der Waals surface area contributed by atoms with Crippen molar-refractivity contribution in [1.29, 1.82) is 0 Å². The van der Waals surface area contributed by atoms with Gasteiger partial charge in [-0.15, -0.1) is 0 Å². The second-order valence-electron chi connectivity index (χ2n) is 5.93. The van der Waals surface area contributed by atoms with Gasteiger partial charge in [-0.05, 0) is 36.6 Å². The minimum Gasteiger partial charge on any atom is -0.349 e. The molecule has 0 aliphatic heterocycles. The minimum atomic E-state index is -5.03. The van der Waals surface area contributed by atoms with Crippen LogP contribution in [0.4, 0.5) is 26.3 Å². The first-order valence-corrected chi connectivity index (χ1v) is 7.67. The Balaban J connectivity index is 2.34. The average molecular weight is 380 g/mol. The van der Waals surface area contributed by atoms with Crippen LogP contribution in [0.3, 0.4) is 0 Å². The zero-order chi connectivity index (χ0) is 19.5. The topological polar surface area (TPSA) is 77.9 Å². The highest BCUT2D eigenvalue weighted by Gasteiger charge is 2.38. The van der Waals surface area contributed by atoms with Crippen LogP contribution in [-0.4, -0.2) is 18.0 Å². The zero-order valence-corrected chi connectivity index (χ0v) is 13.2. The van der Waals surface area contributed by atoms with Crippen molar-refractivity contribution in [1.82, 2.24) is 5.32 Å². The van der Waals surface area contributed by atoms with Crippen LogP contribution in [0.5, 0.6) is 0 Å². The molecule has 2 unspecified atom stereocenters. The quantitative estimate of drug-likeness (QED) is 0.338. The molecular weight excluding hydrogens is 366 g/mol. The molecule has 1 aliphatic rings. The van der Waals surface area contributed by atoms with Gasteiger partial charge in [0.25, 0.3) is 5.91 Å². The van der Waals surface area contributed by atoms with Gasteiger partial charge in [-0.25, -0.2) is 0 Å². The number of hydrogen-bond donors (Lipinski definition) is 1. The Morgan fingerprint density at radius 1 is 1.04 bits per heavy atom. The van der Waals surface area contributed by atoms with Crippen molar-refractivity contribution in [3.05, 3.63) is 45.3 Å². The van der Waals surface area contributed by atoms with Gasteiger partial charge in [0.05, 0.1) is 17.2 Å². The van der Waals surface area contributed by atoms with E-state index in [1.165, 1.54) is 0 Å². The van der Waals surface area contributed by atoms with Crippen LogP contribution in [0, 0.1) is 0 Å². The molecule has 1 aliphatic carbocycles. The SMILES string of the molecule is [N-]=[N+]=NC1CCCCC1NC(=O)c1cc(C(F)(F)F)cc(C(F)(F)F)c1. The predicted molar refractivity (Wildman–Crippen MR) is 79.1 cm³/mol. The first-order chi connectivity index (χ1) is 12.0. The molecule has 0 saturated heterocycles. The number of carbonyl (C=O) groups is 1. The summed E-state index contributed by atoms with van der Waals surface area (Å²) in [5.41, 5.74) is 4.66. The van der Waals surface area contributed by atoms with Crippen LogP contribution in [-0.2, 0) is 12.4 Å². The Hall–Kier alpha value is -2.42. The Bertz CT molecular complexity index is 692. The van der Waals surface area contributed by atoms with E-state index in [-0.39, 0.29) is 6.07 Å². The molecule has 0 radical (unpaired) electrons. The first-order valence-electron chi connectivity index (χ1n) is 7.67. The van der Waals surface area contributed by atoms with Gasteiger partial charge in [0, 0.05) is 16.5 Å². The fourth-order valence-corrected chi connectivity index (χ4v) is 2.82. The van der Waals surface area contributed by atoms with Gasteiger partial charge in [-0.3, -0.25) is 4.79 Å². The van der Waals surface area contributed by atoms with Crippen LogP contribution < -0.4 is 5.32 Å². The van der Waals surface area contributed by atoms with Crippen LogP contribution in [0.25, 0.3) is 10.4 Å². The van der Waals surface area contributed by atoms with Crippen molar-refractivity contribution in [2.24, 2.45) is 5.11 Å². The van der Waals surface area contributed by atoms with E-state index in [0.717, 1.165) is 6.42 Å². The third kappa shape index (κ3) is 4.81. The number of carbonyl (C=O) groups excluding carboxylic acids is 1. The molecule has 0 aromatic heterocycles. The standard InChI is InChI=1S/C15H14F6N4O/c16-14(17,18)9-5-8(6-10(7-9)15(19,20)21)13(26)23-11-3-1-2-4-12(11)24-25-22/h5-7,11-12H,1-4H2,(H,23,26). The molecule has 26 heavy (non-hydrogen) atoms. The molecule has 1 amide bonds. The van der Waals surface area contributed by atoms with Crippen molar-refractivity contribution < 1.29 is 31.1 Å². The maximum Gasteiger partial charge on any atom is 0.416 e. The molecular formula is C15H14F6N4O. The molecule has 5 nitrogen and oxygen atoms in total. The summed E-state index contributed by atoms with van der Waals surface area (Å²) in [6.07, 6.45) is -7.73. The van der Waals surface area contributed by atoms with Gasteiger partial charge in [-0.1, -0.05) is 18.0 Å². The van der Waals surface area contributed by atoms with Gasteiger partial charge in [-0.2, -0.15) is 26.3 Å². The molecule has 1 aromatic rings. The lowest BCUT2D eigenvalue weighted by atomic mass is 9.90. The number of amides is 1. The van der Waals surface area contributed by atoms with E-state index in [1.54, 1.807) is 0 Å². The van der Waals surface area contributed by atoms with Gasteiger partial charge in [0.1, 0.15) is 0 Å². The summed E-state index contributed by atoms with van der Waals surface area (Å²) in [6, 6.07) is -0.534. The number of benzene rings is 1. The molecule has 142 valence electrons. The van der Waals surface area contributed by atoms with Gasteiger partial charge in [0.15, 0.2) is 0 Å². The molecule has 1 N–H and O–H groups in total. The number of azide groups is 1. The number of rotatable bonds is 3. The Kier molecular flexibility index (Phi) is 5.70. The number of halogens is 6. The van der Waals surface area contributed by atoms with E-state index in [9.17, 15) is 31.1 Å². The van der Waals surface area contributed by atoms with Crippen LogP contribution in [0.1, 0.15) is 47.2 Å². The summed E-state index contributed by atoms with van der Waals surface area (Å²) in [6.45, 7) is 0. The Morgan fingerprint density at radius 2 is 1.58 bits per heavy atom. The third-order valence-corrected chi connectivity index (χ3v) is 4.10. The van der Waals surface area contributed by atoms with Crippen molar-refractivity contribution in [3.8, 4) is 0 Å². The van der Waals surface area contributed by atoms with Crippen LogP contribution in [0.2, 0.25) is 0 Å². The predicted octanol–water partition coefficient (Wildman–Crippen LogP) is 5.08. The monoisotopic (exact) mass is 380 g/mol. The third-order valence-electron chi connectivity index (χ3n) is 4.10. The normalized spacial score (nSPS) is 21.0. The number of nitrogens with zero attached hydrogens (tertiary/aromatic N) is 3. The highest BCUT2D eigenvalue weighted by molar-refractivity contribution is 5.95. The number of nitrogens with one attached hydrogen (secondary N) is 1. The lowest BCUT2D eigenvalue weighted by Gasteiger charge is -2.29. The zero-order valence-electron chi connectivity index (χ0n) is 13.2. The molecule has 1 fully saturated rings. The van der Waals surface area contributed by atoms with E-state index in [4.69, 9.17) is 5.53 Å². The first kappa shape index (κ1) is 19.9. The lowest BCUT2D eigenvalue weighted by Crippen LogP contribution is -2.44. The fourth-order valence-electron chi connectivity index (χ4n) is 2.82. The van der Waals surface area contributed by atoms with Crippen molar-refractivity contribution in [2.75, 3.05) is 0 Å². The summed E-state index contributed by atoms with van der Waals surface area (Å²) >= 11 is 0. The number of alkyl halides is 6. The summed E-state index contributed by atoms with van der Waals surface area (Å²) < 4.78 is 77.2. The number of hydrogen-bond acceptors (Lipinski definition) is 2. The maximum absolute atomic E-state index is 12.9. The maximum atomic E-state index is 12.9. The van der Waals surface area contributed by atoms with Crippen LogP contribution >= 0.6 is 0 Å². The molecule has 2 rings (SSSR count). The summed E-state index contributed by atoms with van der Waals surface area (Å²) in [4.78, 5) is 14.9. The van der Waals surface area contributed by atoms with E-state index in [0.29, 0.717) is 31.4 Å². The second-order valence-corrected chi connectivity index (χ2v) is 5.93. The second kappa shape index (κ2) is 7.45. The van der Waals surface area contributed by atoms with Gasteiger partial charge in [0.2, 0.25) is 0 Å².